The first-order valence-corrected chi connectivity index (χ1v) is 3.79. The Kier molecular flexibility index (Phi) is 3.19. The van der Waals surface area contributed by atoms with Crippen LogP contribution in [0.4, 0.5) is 8.78 Å². The Morgan fingerprint density at radius 3 is 2.71 bits per heavy atom. The average Bonchev–Trinajstić information content (AvgIpc) is 2.15. The first kappa shape index (κ1) is 10.6. The van der Waals surface area contributed by atoms with Crippen LogP contribution in [0.25, 0.3) is 0 Å². The molecule has 0 aromatic carbocycles. The van der Waals surface area contributed by atoms with Crippen molar-refractivity contribution < 1.29 is 18.6 Å². The number of halogens is 2. The highest BCUT2D eigenvalue weighted by molar-refractivity contribution is 5.36. The van der Waals surface area contributed by atoms with Crippen molar-refractivity contribution in [2.75, 3.05) is 7.11 Å². The molecule has 1 rings (SSSR count). The number of aromatic amines is 1. The summed E-state index contributed by atoms with van der Waals surface area (Å²) in [6.45, 7) is -0.661. The number of aromatic nitrogens is 1. The van der Waals surface area contributed by atoms with E-state index in [1.54, 1.807) is 0 Å². The Balaban J connectivity index is 3.40. The molecule has 0 saturated heterocycles. The molecule has 6 heteroatoms. The van der Waals surface area contributed by atoms with Crippen LogP contribution in [0.1, 0.15) is 17.7 Å². The third-order valence-electron chi connectivity index (χ3n) is 1.72. The quantitative estimate of drug-likeness (QED) is 0.767. The number of H-pyrrole nitrogens is 1. The smallest absolute Gasteiger partial charge is 0.269 e. The fourth-order valence-corrected chi connectivity index (χ4v) is 1.13. The second kappa shape index (κ2) is 4.19. The van der Waals surface area contributed by atoms with Crippen LogP contribution in [0.15, 0.2) is 10.9 Å². The van der Waals surface area contributed by atoms with Crippen molar-refractivity contribution >= 4 is 0 Å². The number of alkyl halides is 2. The Morgan fingerprint density at radius 2 is 2.29 bits per heavy atom. The van der Waals surface area contributed by atoms with Gasteiger partial charge >= 0.3 is 0 Å². The van der Waals surface area contributed by atoms with Crippen molar-refractivity contribution in [3.05, 3.63) is 27.7 Å². The zero-order valence-corrected chi connectivity index (χ0v) is 7.38. The van der Waals surface area contributed by atoms with E-state index in [1.807, 2.05) is 0 Å². The van der Waals surface area contributed by atoms with Gasteiger partial charge in [-0.05, 0) is 0 Å². The molecule has 0 saturated carbocycles. The van der Waals surface area contributed by atoms with E-state index in [9.17, 15) is 13.6 Å². The molecule has 78 valence electrons. The number of aliphatic hydroxyl groups is 1. The molecular formula is C8H9F2NO3. The maximum absolute atomic E-state index is 12.5. The Bertz CT molecular complexity index is 347. The van der Waals surface area contributed by atoms with Crippen molar-refractivity contribution in [1.29, 1.82) is 0 Å². The maximum atomic E-state index is 12.5. The van der Waals surface area contributed by atoms with Crippen LogP contribution < -0.4 is 10.3 Å². The topological polar surface area (TPSA) is 62.3 Å². The van der Waals surface area contributed by atoms with E-state index in [4.69, 9.17) is 5.11 Å². The molecule has 0 amide bonds. The Labute approximate surface area is 78.1 Å². The highest BCUT2D eigenvalue weighted by Gasteiger charge is 2.19. The molecule has 0 radical (unpaired) electrons. The molecule has 1 aromatic rings. The average molecular weight is 205 g/mol. The van der Waals surface area contributed by atoms with E-state index in [0.29, 0.717) is 0 Å². The largest absolute Gasteiger partial charge is 0.496 e. The molecule has 1 heterocycles. The fraction of sp³-hybridized carbons (Fsp3) is 0.375. The minimum Gasteiger partial charge on any atom is -0.496 e. The molecular weight excluding hydrogens is 196 g/mol. The fourth-order valence-electron chi connectivity index (χ4n) is 1.13. The lowest BCUT2D eigenvalue weighted by Crippen LogP contribution is -2.12. The monoisotopic (exact) mass is 205 g/mol. The lowest BCUT2D eigenvalue weighted by molar-refractivity contribution is 0.141. The molecule has 2 N–H and O–H groups in total. The SMILES string of the molecule is COc1cc(=O)[nH]c(CO)c1C(F)F. The van der Waals surface area contributed by atoms with Crippen LogP contribution in [0.5, 0.6) is 5.75 Å². The third kappa shape index (κ3) is 1.90. The molecule has 0 fully saturated rings. The molecule has 1 aromatic heterocycles. The minimum atomic E-state index is -2.80. The van der Waals surface area contributed by atoms with E-state index in [1.165, 1.54) is 7.11 Å². The van der Waals surface area contributed by atoms with Gasteiger partial charge in [-0.25, -0.2) is 8.78 Å². The van der Waals surface area contributed by atoms with E-state index < -0.39 is 24.2 Å². The standard InChI is InChI=1S/C8H9F2NO3/c1-14-5-2-6(13)11-4(3-12)7(5)8(9)10/h2,8,12H,3H2,1H3,(H,11,13). The summed E-state index contributed by atoms with van der Waals surface area (Å²) in [5, 5.41) is 8.75. The van der Waals surface area contributed by atoms with Crippen LogP contribution >= 0.6 is 0 Å². The predicted molar refractivity (Wildman–Crippen MR) is 44.5 cm³/mol. The van der Waals surface area contributed by atoms with Crippen LogP contribution in [0, 0.1) is 0 Å². The summed E-state index contributed by atoms with van der Waals surface area (Å²) in [6.07, 6.45) is -2.80. The van der Waals surface area contributed by atoms with E-state index in [2.05, 4.69) is 9.72 Å². The zero-order valence-electron chi connectivity index (χ0n) is 7.38. The van der Waals surface area contributed by atoms with Gasteiger partial charge in [0.2, 0.25) is 0 Å². The minimum absolute atomic E-state index is 0.215. The maximum Gasteiger partial charge on any atom is 0.269 e. The summed E-state index contributed by atoms with van der Waals surface area (Å²) in [6, 6.07) is 0.917. The highest BCUT2D eigenvalue weighted by atomic mass is 19.3. The van der Waals surface area contributed by atoms with E-state index >= 15 is 0 Å². The molecule has 0 unspecified atom stereocenters. The molecule has 4 nitrogen and oxygen atoms in total. The molecule has 0 aliphatic rings. The van der Waals surface area contributed by atoms with Crippen molar-refractivity contribution in [2.45, 2.75) is 13.0 Å². The number of rotatable bonds is 3. The summed E-state index contributed by atoms with van der Waals surface area (Å²) in [7, 11) is 1.18. The lowest BCUT2D eigenvalue weighted by atomic mass is 10.2. The first-order chi connectivity index (χ1) is 6.60. The van der Waals surface area contributed by atoms with Crippen molar-refractivity contribution in [3.8, 4) is 5.75 Å². The normalized spacial score (nSPS) is 10.6. The summed E-state index contributed by atoms with van der Waals surface area (Å²) >= 11 is 0. The van der Waals surface area contributed by atoms with Crippen LogP contribution in [0.2, 0.25) is 0 Å². The van der Waals surface area contributed by atoms with Gasteiger partial charge in [0.25, 0.3) is 12.0 Å². The number of hydrogen-bond acceptors (Lipinski definition) is 3. The second-order valence-corrected chi connectivity index (χ2v) is 2.55. The van der Waals surface area contributed by atoms with Crippen molar-refractivity contribution in [2.24, 2.45) is 0 Å². The van der Waals surface area contributed by atoms with Gasteiger partial charge in [-0.2, -0.15) is 0 Å². The predicted octanol–water partition coefficient (Wildman–Crippen LogP) is 0.813. The number of ether oxygens (including phenoxy) is 1. The number of pyridine rings is 1. The highest BCUT2D eigenvalue weighted by Crippen LogP contribution is 2.29. The van der Waals surface area contributed by atoms with Crippen molar-refractivity contribution in [1.82, 2.24) is 4.98 Å². The molecule has 14 heavy (non-hydrogen) atoms. The second-order valence-electron chi connectivity index (χ2n) is 2.55. The van der Waals surface area contributed by atoms with Gasteiger partial charge in [0.05, 0.1) is 25.0 Å². The van der Waals surface area contributed by atoms with Crippen LogP contribution in [-0.4, -0.2) is 17.2 Å². The molecule has 0 atom stereocenters. The number of methoxy groups -OCH3 is 1. The van der Waals surface area contributed by atoms with Gasteiger partial charge in [-0.15, -0.1) is 0 Å². The number of hydrogen-bond donors (Lipinski definition) is 2. The van der Waals surface area contributed by atoms with Gasteiger partial charge in [0.1, 0.15) is 5.75 Å². The molecule has 0 aliphatic heterocycles. The third-order valence-corrected chi connectivity index (χ3v) is 1.72. The summed E-state index contributed by atoms with van der Waals surface area (Å²) in [5.41, 5.74) is -1.28. The van der Waals surface area contributed by atoms with Gasteiger partial charge in [0, 0.05) is 6.07 Å². The van der Waals surface area contributed by atoms with Crippen LogP contribution in [-0.2, 0) is 6.61 Å². The summed E-state index contributed by atoms with van der Waals surface area (Å²) in [4.78, 5) is 13.0. The van der Waals surface area contributed by atoms with Gasteiger partial charge < -0.3 is 14.8 Å². The zero-order chi connectivity index (χ0) is 10.7. The van der Waals surface area contributed by atoms with E-state index in [-0.39, 0.29) is 11.4 Å². The Hall–Kier alpha value is -1.43. The summed E-state index contributed by atoms with van der Waals surface area (Å²) < 4.78 is 29.6. The molecule has 0 aliphatic carbocycles. The first-order valence-electron chi connectivity index (χ1n) is 3.79. The Morgan fingerprint density at radius 1 is 1.64 bits per heavy atom. The lowest BCUT2D eigenvalue weighted by Gasteiger charge is -2.10. The molecule has 0 spiro atoms. The number of nitrogens with one attached hydrogen (secondary N) is 1. The van der Waals surface area contributed by atoms with Crippen LogP contribution in [0.3, 0.4) is 0 Å². The van der Waals surface area contributed by atoms with Crippen molar-refractivity contribution in [3.63, 3.8) is 0 Å². The van der Waals surface area contributed by atoms with E-state index in [0.717, 1.165) is 6.07 Å². The van der Waals surface area contributed by atoms with Gasteiger partial charge in [0.15, 0.2) is 0 Å². The summed E-state index contributed by atoms with van der Waals surface area (Å²) in [5.74, 6) is -0.215. The van der Waals surface area contributed by atoms with Gasteiger partial charge in [-0.1, -0.05) is 0 Å². The molecule has 0 bridgehead atoms. The number of aliphatic hydroxyl groups excluding tert-OH is 1. The van der Waals surface area contributed by atoms with Gasteiger partial charge in [-0.3, -0.25) is 4.79 Å².